The number of nitrogens with one attached hydrogen (secondary N) is 2. The average molecular weight is 418 g/mol. The van der Waals surface area contributed by atoms with Crippen molar-refractivity contribution in [1.82, 2.24) is 14.9 Å². The smallest absolute Gasteiger partial charge is 0.320 e. The first-order valence-corrected chi connectivity index (χ1v) is 11.8. The van der Waals surface area contributed by atoms with Gasteiger partial charge in [0, 0.05) is 19.1 Å². The van der Waals surface area contributed by atoms with Gasteiger partial charge in [0.2, 0.25) is 10.0 Å². The maximum atomic E-state index is 11.8. The van der Waals surface area contributed by atoms with E-state index >= 15 is 0 Å². The van der Waals surface area contributed by atoms with Crippen LogP contribution < -0.4 is 10.0 Å². The largest absolute Gasteiger partial charge is 0.480 e. The molecule has 1 unspecified atom stereocenters. The van der Waals surface area contributed by atoms with E-state index in [9.17, 15) is 28.2 Å². The Labute approximate surface area is 165 Å². The molecule has 0 radical (unpaired) electrons. The minimum atomic E-state index is -3.37. The second kappa shape index (κ2) is 8.64. The second-order valence-electron chi connectivity index (χ2n) is 8.50. The number of likely N-dealkylation sites (tertiary alicyclic amines) is 1. The summed E-state index contributed by atoms with van der Waals surface area (Å²) in [4.78, 5) is 24.9. The third kappa shape index (κ3) is 5.03. The lowest BCUT2D eigenvalue weighted by Crippen LogP contribution is -2.50. The van der Waals surface area contributed by atoms with Crippen molar-refractivity contribution in [2.45, 2.75) is 57.2 Å². The topological polar surface area (TPSA) is 136 Å². The van der Waals surface area contributed by atoms with Gasteiger partial charge in [0.1, 0.15) is 12.1 Å². The van der Waals surface area contributed by atoms with Crippen molar-refractivity contribution >= 4 is 22.0 Å². The summed E-state index contributed by atoms with van der Waals surface area (Å²) in [6.07, 6.45) is 3.82. The summed E-state index contributed by atoms with van der Waals surface area (Å²) in [5.74, 6) is -0.591. The quantitative estimate of drug-likeness (QED) is 0.452. The summed E-state index contributed by atoms with van der Waals surface area (Å²) in [7, 11) is -3.37. The molecule has 1 aliphatic carbocycles. The summed E-state index contributed by atoms with van der Waals surface area (Å²) >= 11 is 0. The van der Waals surface area contributed by atoms with E-state index in [1.165, 1.54) is 0 Å². The van der Waals surface area contributed by atoms with E-state index in [0.717, 1.165) is 25.8 Å². The standard InChI is InChI=1S/C18H31N3O6S/c1-2-28(26,27)20-14-7-16(18(24)25)21(10-14)9-11-3-4-12-8-19-15(17(22)23)6-13(12)5-11/h11-16,19-20H,2-10H2,1H3,(H,22,23)(H,24,25)/t11?,12-,13+,14-,15-,16-/m0/s1. The van der Waals surface area contributed by atoms with Crippen LogP contribution >= 0.6 is 0 Å². The zero-order valence-corrected chi connectivity index (χ0v) is 17.0. The lowest BCUT2D eigenvalue weighted by atomic mass is 9.69. The van der Waals surface area contributed by atoms with Crippen LogP contribution in [0.25, 0.3) is 0 Å². The zero-order valence-electron chi connectivity index (χ0n) is 16.2. The molecule has 0 bridgehead atoms. The number of carboxylic acid groups (broad SMARTS) is 2. The van der Waals surface area contributed by atoms with E-state index in [4.69, 9.17) is 0 Å². The number of aliphatic carboxylic acids is 2. The van der Waals surface area contributed by atoms with E-state index < -0.39 is 34.0 Å². The molecule has 28 heavy (non-hydrogen) atoms. The number of sulfonamides is 1. The first-order valence-electron chi connectivity index (χ1n) is 10.1. The molecule has 0 aromatic rings. The first-order chi connectivity index (χ1) is 13.2. The van der Waals surface area contributed by atoms with Gasteiger partial charge >= 0.3 is 11.9 Å². The molecule has 9 nitrogen and oxygen atoms in total. The Kier molecular flexibility index (Phi) is 6.63. The molecule has 0 spiro atoms. The Hall–Kier alpha value is -1.23. The fraction of sp³-hybridized carbons (Fsp3) is 0.889. The van der Waals surface area contributed by atoms with Gasteiger partial charge in [-0.05, 0) is 63.3 Å². The van der Waals surface area contributed by atoms with Crippen LogP contribution in [0.4, 0.5) is 0 Å². The third-order valence-corrected chi connectivity index (χ3v) is 8.07. The van der Waals surface area contributed by atoms with Crippen LogP contribution in [0.3, 0.4) is 0 Å². The predicted molar refractivity (Wildman–Crippen MR) is 102 cm³/mol. The number of hydrogen-bond acceptors (Lipinski definition) is 6. The van der Waals surface area contributed by atoms with Gasteiger partial charge in [-0.1, -0.05) is 0 Å². The average Bonchev–Trinajstić information content (AvgIpc) is 3.02. The highest BCUT2D eigenvalue weighted by Crippen LogP contribution is 2.39. The van der Waals surface area contributed by atoms with Gasteiger partial charge in [-0.25, -0.2) is 13.1 Å². The van der Waals surface area contributed by atoms with Crippen LogP contribution in [0.1, 0.15) is 39.0 Å². The summed E-state index contributed by atoms with van der Waals surface area (Å²) in [6.45, 7) is 3.32. The molecule has 3 fully saturated rings. The molecule has 2 saturated heterocycles. The minimum absolute atomic E-state index is 0.0221. The zero-order chi connectivity index (χ0) is 20.5. The lowest BCUT2D eigenvalue weighted by molar-refractivity contribution is -0.143. The normalized spacial score (nSPS) is 36.8. The summed E-state index contributed by atoms with van der Waals surface area (Å²) in [5, 5.41) is 22.0. The molecule has 6 atom stereocenters. The number of nitrogens with zero attached hydrogens (tertiary/aromatic N) is 1. The van der Waals surface area contributed by atoms with Gasteiger partial charge in [0.15, 0.2) is 0 Å². The highest BCUT2D eigenvalue weighted by atomic mass is 32.2. The molecule has 0 aromatic heterocycles. The van der Waals surface area contributed by atoms with Gasteiger partial charge in [0.05, 0.1) is 5.75 Å². The van der Waals surface area contributed by atoms with Gasteiger partial charge in [-0.2, -0.15) is 0 Å². The van der Waals surface area contributed by atoms with E-state index in [2.05, 4.69) is 10.0 Å². The molecule has 160 valence electrons. The number of fused-ring (bicyclic) bond motifs is 1. The Balaban J connectivity index is 1.60. The van der Waals surface area contributed by atoms with E-state index in [1.807, 2.05) is 4.90 Å². The molecule has 1 saturated carbocycles. The van der Waals surface area contributed by atoms with Crippen molar-refractivity contribution in [3.05, 3.63) is 0 Å². The maximum Gasteiger partial charge on any atom is 0.320 e. The van der Waals surface area contributed by atoms with Crippen molar-refractivity contribution in [2.24, 2.45) is 17.8 Å². The van der Waals surface area contributed by atoms with Crippen LogP contribution in [-0.2, 0) is 19.6 Å². The van der Waals surface area contributed by atoms with Gasteiger partial charge < -0.3 is 15.5 Å². The maximum absolute atomic E-state index is 11.8. The number of carbonyl (C=O) groups is 2. The molecular formula is C18H31N3O6S. The molecule has 10 heteroatoms. The van der Waals surface area contributed by atoms with Crippen LogP contribution in [0.15, 0.2) is 0 Å². The highest BCUT2D eigenvalue weighted by Gasteiger charge is 2.42. The molecular weight excluding hydrogens is 386 g/mol. The summed E-state index contributed by atoms with van der Waals surface area (Å²) < 4.78 is 26.3. The minimum Gasteiger partial charge on any atom is -0.480 e. The molecule has 3 rings (SSSR count). The number of hydrogen-bond donors (Lipinski definition) is 4. The van der Waals surface area contributed by atoms with Crippen LogP contribution in [0.5, 0.6) is 0 Å². The Bertz CT molecular complexity index is 699. The van der Waals surface area contributed by atoms with Crippen molar-refractivity contribution in [1.29, 1.82) is 0 Å². The highest BCUT2D eigenvalue weighted by molar-refractivity contribution is 7.89. The molecule has 0 aromatic carbocycles. The first kappa shape index (κ1) is 21.5. The third-order valence-electron chi connectivity index (χ3n) is 6.62. The van der Waals surface area contributed by atoms with E-state index in [1.54, 1.807) is 6.92 Å². The van der Waals surface area contributed by atoms with Gasteiger partial charge in [-0.3, -0.25) is 14.5 Å². The Morgan fingerprint density at radius 2 is 1.86 bits per heavy atom. The number of piperidine rings is 1. The van der Waals surface area contributed by atoms with Crippen molar-refractivity contribution < 1.29 is 28.2 Å². The summed E-state index contributed by atoms with van der Waals surface area (Å²) in [5.41, 5.74) is 0. The molecule has 0 amide bonds. The van der Waals surface area contributed by atoms with E-state index in [-0.39, 0.29) is 18.2 Å². The molecule has 3 aliphatic rings. The molecule has 2 heterocycles. The summed E-state index contributed by atoms with van der Waals surface area (Å²) in [6, 6.07) is -1.55. The molecule has 2 aliphatic heterocycles. The van der Waals surface area contributed by atoms with Crippen LogP contribution in [0, 0.1) is 17.8 Å². The van der Waals surface area contributed by atoms with Crippen LogP contribution in [-0.4, -0.2) is 79.0 Å². The van der Waals surface area contributed by atoms with Crippen molar-refractivity contribution in [3.8, 4) is 0 Å². The van der Waals surface area contributed by atoms with Gasteiger partial charge in [0.25, 0.3) is 0 Å². The number of carboxylic acids is 2. The SMILES string of the molecule is CCS(=O)(=O)N[C@H]1C[C@@H](C(=O)O)N(CC2CC[C@H]3CN[C@H](C(=O)O)C[C@H]3C2)C1. The fourth-order valence-electron chi connectivity index (χ4n) is 5.13. The van der Waals surface area contributed by atoms with E-state index in [0.29, 0.717) is 37.3 Å². The van der Waals surface area contributed by atoms with Gasteiger partial charge in [-0.15, -0.1) is 0 Å². The monoisotopic (exact) mass is 417 g/mol. The lowest BCUT2D eigenvalue weighted by Gasteiger charge is -2.42. The number of rotatable bonds is 7. The molecule has 4 N–H and O–H groups in total. The van der Waals surface area contributed by atoms with Crippen molar-refractivity contribution in [3.63, 3.8) is 0 Å². The fourth-order valence-corrected chi connectivity index (χ4v) is 5.98. The Morgan fingerprint density at radius 1 is 1.11 bits per heavy atom. The van der Waals surface area contributed by atoms with Crippen molar-refractivity contribution in [2.75, 3.05) is 25.4 Å². The predicted octanol–water partition coefficient (Wildman–Crippen LogP) is -0.0678. The van der Waals surface area contributed by atoms with Crippen LogP contribution in [0.2, 0.25) is 0 Å². The Morgan fingerprint density at radius 3 is 2.50 bits per heavy atom. The second-order valence-corrected chi connectivity index (χ2v) is 10.5.